The number of benzene rings is 4. The molecule has 2 fully saturated rings. The van der Waals surface area contributed by atoms with Gasteiger partial charge in [-0.25, -0.2) is 14.6 Å². The van der Waals surface area contributed by atoms with E-state index in [9.17, 15) is 9.59 Å². The molecule has 2 atom stereocenters. The summed E-state index contributed by atoms with van der Waals surface area (Å²) in [6.07, 6.45) is 3.66. The maximum absolute atomic E-state index is 13.5. The molecule has 0 saturated carbocycles. The predicted molar refractivity (Wildman–Crippen MR) is 247 cm³/mol. The van der Waals surface area contributed by atoms with Crippen molar-refractivity contribution < 1.29 is 47.5 Å². The van der Waals surface area contributed by atoms with Gasteiger partial charge in [0.1, 0.15) is 40.7 Å². The number of hydrogen-bond donors (Lipinski definition) is 1. The summed E-state index contributed by atoms with van der Waals surface area (Å²) < 4.78 is 48.0. The summed E-state index contributed by atoms with van der Waals surface area (Å²) >= 11 is 1.47. The molecule has 0 aliphatic carbocycles. The minimum atomic E-state index is -0.546. The second kappa shape index (κ2) is 19.8. The lowest BCUT2D eigenvalue weighted by Gasteiger charge is -2.35. The zero-order valence-electron chi connectivity index (χ0n) is 37.9. The molecule has 3 heterocycles. The molecule has 2 aliphatic rings. The number of hydrazone groups is 1. The third kappa shape index (κ3) is 14.3. The van der Waals surface area contributed by atoms with E-state index in [1.54, 1.807) is 60.8 Å². The van der Waals surface area contributed by atoms with Crippen molar-refractivity contribution in [2.24, 2.45) is 5.10 Å². The van der Waals surface area contributed by atoms with Crippen LogP contribution in [0.15, 0.2) is 96.1 Å². The molecule has 4 aromatic carbocycles. The lowest BCUT2D eigenvalue weighted by atomic mass is 9.92. The highest BCUT2D eigenvalue weighted by molar-refractivity contribution is 7.22. The van der Waals surface area contributed by atoms with Crippen LogP contribution in [0.1, 0.15) is 100 Å². The van der Waals surface area contributed by atoms with Gasteiger partial charge in [0.05, 0.1) is 71.8 Å². The van der Waals surface area contributed by atoms with E-state index < -0.39 is 34.3 Å². The van der Waals surface area contributed by atoms with Gasteiger partial charge in [0.25, 0.3) is 0 Å². The number of carbonyl (C=O) groups excluding carboxylic acids is 2. The molecule has 0 bridgehead atoms. The second-order valence-electron chi connectivity index (χ2n) is 18.7. The number of anilines is 1. The largest absolute Gasteiger partial charge is 0.488 e. The van der Waals surface area contributed by atoms with Gasteiger partial charge < -0.3 is 37.9 Å². The van der Waals surface area contributed by atoms with Crippen LogP contribution in [0.2, 0.25) is 0 Å². The van der Waals surface area contributed by atoms with Crippen LogP contribution in [-0.4, -0.2) is 90.8 Å². The Morgan fingerprint density at radius 1 is 0.734 bits per heavy atom. The lowest BCUT2D eigenvalue weighted by molar-refractivity contribution is -0.0697. The summed E-state index contributed by atoms with van der Waals surface area (Å²) in [5, 5.41) is 5.05. The van der Waals surface area contributed by atoms with Crippen LogP contribution in [0, 0.1) is 0 Å². The van der Waals surface area contributed by atoms with Gasteiger partial charge in [0.15, 0.2) is 0 Å². The van der Waals surface area contributed by atoms with Gasteiger partial charge >= 0.3 is 11.9 Å². The highest BCUT2D eigenvalue weighted by Crippen LogP contribution is 2.32. The first-order valence-corrected chi connectivity index (χ1v) is 22.5. The van der Waals surface area contributed by atoms with Gasteiger partial charge in [0.2, 0.25) is 5.13 Å². The fourth-order valence-electron chi connectivity index (χ4n) is 7.67. The van der Waals surface area contributed by atoms with Crippen molar-refractivity contribution in [3.8, 4) is 17.2 Å². The number of rotatable bonds is 23. The van der Waals surface area contributed by atoms with Crippen LogP contribution in [0.5, 0.6) is 17.2 Å². The molecule has 13 nitrogen and oxygen atoms in total. The van der Waals surface area contributed by atoms with Gasteiger partial charge in [-0.1, -0.05) is 29.5 Å². The maximum atomic E-state index is 13.5. The van der Waals surface area contributed by atoms with Crippen LogP contribution in [0.4, 0.5) is 5.13 Å². The van der Waals surface area contributed by atoms with Crippen LogP contribution in [-0.2, 0) is 30.1 Å². The molecule has 7 rings (SSSR count). The average Bonchev–Trinajstić information content (AvgIpc) is 4.17. The molecular weight excluding hydrogens is 835 g/mol. The zero-order chi connectivity index (χ0) is 45.5. The van der Waals surface area contributed by atoms with E-state index >= 15 is 0 Å². The van der Waals surface area contributed by atoms with Crippen molar-refractivity contribution in [3.63, 3.8) is 0 Å². The number of hydrogen-bond acceptors (Lipinski definition) is 14. The minimum absolute atomic E-state index is 0.121. The van der Waals surface area contributed by atoms with E-state index in [0.29, 0.717) is 71.5 Å². The Hall–Kier alpha value is -5.38. The molecule has 64 heavy (non-hydrogen) atoms. The monoisotopic (exact) mass is 893 g/mol. The van der Waals surface area contributed by atoms with E-state index in [1.165, 1.54) is 11.3 Å². The second-order valence-corrected chi connectivity index (χ2v) is 19.7. The molecule has 1 aromatic heterocycles. The van der Waals surface area contributed by atoms with Crippen LogP contribution in [0.25, 0.3) is 10.2 Å². The van der Waals surface area contributed by atoms with Crippen molar-refractivity contribution in [1.82, 2.24) is 4.98 Å². The first kappa shape index (κ1) is 46.6. The van der Waals surface area contributed by atoms with E-state index in [0.717, 1.165) is 29.0 Å². The van der Waals surface area contributed by atoms with Gasteiger partial charge in [-0.2, -0.15) is 5.10 Å². The zero-order valence-corrected chi connectivity index (χ0v) is 38.8. The Morgan fingerprint density at radius 3 is 1.83 bits per heavy atom. The van der Waals surface area contributed by atoms with Crippen LogP contribution >= 0.6 is 11.3 Å². The van der Waals surface area contributed by atoms with Crippen LogP contribution in [0.3, 0.4) is 0 Å². The van der Waals surface area contributed by atoms with Crippen molar-refractivity contribution in [2.75, 3.05) is 38.5 Å². The summed E-state index contributed by atoms with van der Waals surface area (Å²) in [5.41, 5.74) is 4.14. The van der Waals surface area contributed by atoms with Crippen molar-refractivity contribution in [2.45, 2.75) is 109 Å². The minimum Gasteiger partial charge on any atom is -0.488 e. The lowest BCUT2D eigenvalue weighted by Crippen LogP contribution is -2.40. The summed E-state index contributed by atoms with van der Waals surface area (Å²) in [4.78, 5) is 31.1. The van der Waals surface area contributed by atoms with Gasteiger partial charge in [-0.3, -0.25) is 5.43 Å². The molecule has 0 radical (unpaired) electrons. The number of ether oxygens (including phenoxy) is 8. The first-order chi connectivity index (χ1) is 30.4. The average molecular weight is 894 g/mol. The molecule has 0 spiro atoms. The van der Waals surface area contributed by atoms with Gasteiger partial charge in [-0.05, 0) is 134 Å². The van der Waals surface area contributed by atoms with Crippen molar-refractivity contribution in [3.05, 3.63) is 113 Å². The number of carbonyl (C=O) groups is 2. The van der Waals surface area contributed by atoms with Crippen molar-refractivity contribution in [1.29, 1.82) is 0 Å². The molecule has 340 valence electrons. The molecule has 5 aromatic rings. The number of thiazole rings is 1. The number of para-hydroxylation sites is 1. The standard InChI is InChI=1S/C50H59N3O10S/c1-47(2,59-29-39-27-57-39)31-49(5,6)62-37-18-14-34(15-19-37)44(54)56-24-23-33-13-22-42(36(25-33)26-51-53-46-52-41-11-9-10-12-43(41)64-46)61-45(55)35-16-20-38(21-17-35)63-50(7,8)32-48(3,4)60-30-40-28-58-40/h9-22,25-26,39-40H,23-24,27-32H2,1-8H3,(H,52,53)/b51-26+. The Morgan fingerprint density at radius 2 is 1.28 bits per heavy atom. The summed E-state index contributed by atoms with van der Waals surface area (Å²) in [6, 6.07) is 27.0. The SMILES string of the molecule is CC(C)(CC(C)(C)Oc1ccc(C(=O)OCCc2ccc(OC(=O)c3ccc(OC(C)(C)CC(C)(C)OCC4CO4)cc3)c(/C=N/Nc3nc4ccccc4s3)c2)cc1)OCC1CO1. The number of esters is 2. The molecule has 1 N–H and O–H groups in total. The van der Waals surface area contributed by atoms with E-state index in [4.69, 9.17) is 37.9 Å². The number of fused-ring (bicyclic) bond motifs is 1. The molecular formula is C50H59N3O10S. The van der Waals surface area contributed by atoms with Gasteiger partial charge in [0, 0.05) is 24.8 Å². The molecule has 0 amide bonds. The quantitative estimate of drug-likeness (QED) is 0.0219. The molecule has 2 saturated heterocycles. The Bertz CT molecular complexity index is 2370. The van der Waals surface area contributed by atoms with Crippen molar-refractivity contribution >= 4 is 44.8 Å². The number of nitrogens with zero attached hydrogens (tertiary/aromatic N) is 2. The first-order valence-electron chi connectivity index (χ1n) is 21.6. The maximum Gasteiger partial charge on any atom is 0.343 e. The fourth-order valence-corrected chi connectivity index (χ4v) is 8.49. The number of epoxide rings is 2. The highest BCUT2D eigenvalue weighted by atomic mass is 32.1. The summed E-state index contributed by atoms with van der Waals surface area (Å²) in [6.45, 7) is 19.0. The van der Waals surface area contributed by atoms with E-state index in [1.807, 2.05) is 91.8 Å². The third-order valence-corrected chi connectivity index (χ3v) is 11.3. The van der Waals surface area contributed by atoms with E-state index in [2.05, 4.69) is 15.5 Å². The molecule has 14 heteroatoms. The summed E-state index contributed by atoms with van der Waals surface area (Å²) in [7, 11) is 0. The third-order valence-electron chi connectivity index (χ3n) is 10.4. The van der Waals surface area contributed by atoms with Gasteiger partial charge in [-0.15, -0.1) is 0 Å². The Balaban J connectivity index is 0.959. The molecule has 2 aliphatic heterocycles. The number of nitrogens with one attached hydrogen (secondary N) is 1. The van der Waals surface area contributed by atoms with E-state index in [-0.39, 0.29) is 18.8 Å². The Labute approximate surface area is 379 Å². The topological polar surface area (TPSA) is 152 Å². The Kier molecular flexibility index (Phi) is 14.4. The highest BCUT2D eigenvalue weighted by Gasteiger charge is 2.35. The normalized spacial score (nSPS) is 16.4. The fraction of sp³-hybridized carbons (Fsp3) is 0.440. The molecule has 2 unspecified atom stereocenters. The van der Waals surface area contributed by atoms with Crippen LogP contribution < -0.4 is 19.6 Å². The summed E-state index contributed by atoms with van der Waals surface area (Å²) in [5.74, 6) is 0.564. The predicted octanol–water partition coefficient (Wildman–Crippen LogP) is 9.84. The number of aromatic nitrogens is 1. The smallest absolute Gasteiger partial charge is 0.343 e.